The standard InChI is InChI=1S/C18H26FN3O2/c1-14(11-15-5-4-6-16(19)13-15)12-17(23)21-7-9-22(10-8-21)18(24)20(2)3/h4-6,13-14H,7-12H2,1-3H3/t14-/m0/s1. The van der Waals surface area contributed by atoms with Gasteiger partial charge in [0.25, 0.3) is 0 Å². The van der Waals surface area contributed by atoms with E-state index in [1.807, 2.05) is 17.9 Å². The third kappa shape index (κ3) is 4.94. The van der Waals surface area contributed by atoms with Gasteiger partial charge in [-0.1, -0.05) is 19.1 Å². The number of amides is 3. The molecule has 6 heteroatoms. The summed E-state index contributed by atoms with van der Waals surface area (Å²) in [6.45, 7) is 4.30. The molecular formula is C18H26FN3O2. The van der Waals surface area contributed by atoms with Crippen molar-refractivity contribution in [1.82, 2.24) is 14.7 Å². The van der Waals surface area contributed by atoms with Crippen molar-refractivity contribution in [3.8, 4) is 0 Å². The second-order valence-corrected chi connectivity index (χ2v) is 6.69. The maximum absolute atomic E-state index is 13.2. The molecular weight excluding hydrogens is 309 g/mol. The van der Waals surface area contributed by atoms with Crippen LogP contribution in [-0.4, -0.2) is 66.9 Å². The van der Waals surface area contributed by atoms with Gasteiger partial charge in [-0.2, -0.15) is 0 Å². The molecule has 0 unspecified atom stereocenters. The van der Waals surface area contributed by atoms with Crippen molar-refractivity contribution >= 4 is 11.9 Å². The summed E-state index contributed by atoms with van der Waals surface area (Å²) in [6.07, 6.45) is 1.13. The zero-order valence-electron chi connectivity index (χ0n) is 14.7. The van der Waals surface area contributed by atoms with Crippen LogP contribution >= 0.6 is 0 Å². The number of halogens is 1. The summed E-state index contributed by atoms with van der Waals surface area (Å²) in [7, 11) is 3.46. The number of nitrogens with zero attached hydrogens (tertiary/aromatic N) is 3. The van der Waals surface area contributed by atoms with E-state index in [0.29, 0.717) is 39.0 Å². The number of carbonyl (C=O) groups is 2. The molecule has 1 aromatic rings. The first kappa shape index (κ1) is 18.2. The molecule has 1 aliphatic rings. The van der Waals surface area contributed by atoms with Gasteiger partial charge >= 0.3 is 6.03 Å². The first-order valence-corrected chi connectivity index (χ1v) is 8.35. The van der Waals surface area contributed by atoms with Crippen molar-refractivity contribution in [3.05, 3.63) is 35.6 Å². The molecule has 1 aromatic carbocycles. The molecule has 1 fully saturated rings. The van der Waals surface area contributed by atoms with E-state index in [9.17, 15) is 14.0 Å². The number of hydrogen-bond donors (Lipinski definition) is 0. The maximum atomic E-state index is 13.2. The molecule has 1 heterocycles. The van der Waals surface area contributed by atoms with Crippen LogP contribution in [-0.2, 0) is 11.2 Å². The molecule has 5 nitrogen and oxygen atoms in total. The lowest BCUT2D eigenvalue weighted by Gasteiger charge is -2.36. The molecule has 3 amide bonds. The maximum Gasteiger partial charge on any atom is 0.319 e. The Morgan fingerprint density at radius 3 is 2.38 bits per heavy atom. The SMILES string of the molecule is C[C@H](CC(=O)N1CCN(C(=O)N(C)C)CC1)Cc1cccc(F)c1. The summed E-state index contributed by atoms with van der Waals surface area (Å²) < 4.78 is 13.2. The Balaban J connectivity index is 1.80. The molecule has 0 aromatic heterocycles. The van der Waals surface area contributed by atoms with Crippen molar-refractivity contribution in [2.45, 2.75) is 19.8 Å². The molecule has 0 radical (unpaired) electrons. The van der Waals surface area contributed by atoms with Gasteiger partial charge in [0.15, 0.2) is 0 Å². The van der Waals surface area contributed by atoms with Crippen LogP contribution in [0.5, 0.6) is 0 Å². The number of urea groups is 1. The van der Waals surface area contributed by atoms with E-state index in [1.165, 1.54) is 12.1 Å². The van der Waals surface area contributed by atoms with Crippen LogP contribution < -0.4 is 0 Å². The van der Waals surface area contributed by atoms with Crippen LogP contribution in [0.25, 0.3) is 0 Å². The quantitative estimate of drug-likeness (QED) is 0.847. The minimum atomic E-state index is -0.243. The molecule has 0 N–H and O–H groups in total. The van der Waals surface area contributed by atoms with Crippen LogP contribution in [0.1, 0.15) is 18.9 Å². The van der Waals surface area contributed by atoms with E-state index in [2.05, 4.69) is 0 Å². The lowest BCUT2D eigenvalue weighted by atomic mass is 9.97. The van der Waals surface area contributed by atoms with Crippen LogP contribution in [0.3, 0.4) is 0 Å². The molecule has 2 rings (SSSR count). The Labute approximate surface area is 143 Å². The molecule has 0 spiro atoms. The first-order chi connectivity index (χ1) is 11.4. The van der Waals surface area contributed by atoms with Crippen molar-refractivity contribution in [2.24, 2.45) is 5.92 Å². The summed E-state index contributed by atoms with van der Waals surface area (Å²) in [5.74, 6) is 0.0179. The minimum absolute atomic E-state index is 0.0124. The highest BCUT2D eigenvalue weighted by Crippen LogP contribution is 2.15. The molecule has 1 saturated heterocycles. The highest BCUT2D eigenvalue weighted by molar-refractivity contribution is 5.77. The average Bonchev–Trinajstić information content (AvgIpc) is 2.54. The second-order valence-electron chi connectivity index (χ2n) is 6.69. The topological polar surface area (TPSA) is 43.9 Å². The van der Waals surface area contributed by atoms with E-state index in [0.717, 1.165) is 5.56 Å². The zero-order chi connectivity index (χ0) is 17.7. The summed E-state index contributed by atoms with van der Waals surface area (Å²) in [4.78, 5) is 29.5. The lowest BCUT2D eigenvalue weighted by molar-refractivity contribution is -0.133. The number of carbonyl (C=O) groups excluding carboxylic acids is 2. The second kappa shape index (κ2) is 8.13. The molecule has 132 valence electrons. The van der Waals surface area contributed by atoms with Gasteiger partial charge in [-0.05, 0) is 30.0 Å². The Hall–Kier alpha value is -2.11. The monoisotopic (exact) mass is 335 g/mol. The summed E-state index contributed by atoms with van der Waals surface area (Å²) in [5, 5.41) is 0. The third-order valence-corrected chi connectivity index (χ3v) is 4.28. The predicted molar refractivity (Wildman–Crippen MR) is 91.1 cm³/mol. The zero-order valence-corrected chi connectivity index (χ0v) is 14.7. The fourth-order valence-electron chi connectivity index (χ4n) is 3.00. The average molecular weight is 335 g/mol. The summed E-state index contributed by atoms with van der Waals surface area (Å²) in [6, 6.07) is 6.51. The fourth-order valence-corrected chi connectivity index (χ4v) is 3.00. The third-order valence-electron chi connectivity index (χ3n) is 4.28. The van der Waals surface area contributed by atoms with E-state index in [4.69, 9.17) is 0 Å². The van der Waals surface area contributed by atoms with Gasteiger partial charge in [0.2, 0.25) is 5.91 Å². The van der Waals surface area contributed by atoms with Gasteiger partial charge in [0.05, 0.1) is 0 Å². The summed E-state index contributed by atoms with van der Waals surface area (Å²) in [5.41, 5.74) is 0.914. The Morgan fingerprint density at radius 2 is 1.79 bits per heavy atom. The highest BCUT2D eigenvalue weighted by atomic mass is 19.1. The molecule has 0 bridgehead atoms. The predicted octanol–water partition coefficient (Wildman–Crippen LogP) is 2.22. The largest absolute Gasteiger partial charge is 0.339 e. The number of benzene rings is 1. The van der Waals surface area contributed by atoms with Crippen molar-refractivity contribution in [3.63, 3.8) is 0 Å². The van der Waals surface area contributed by atoms with Crippen LogP contribution in [0.15, 0.2) is 24.3 Å². The van der Waals surface area contributed by atoms with Crippen molar-refractivity contribution in [1.29, 1.82) is 0 Å². The lowest BCUT2D eigenvalue weighted by Crippen LogP contribution is -2.53. The van der Waals surface area contributed by atoms with Gasteiger partial charge in [-0.15, -0.1) is 0 Å². The van der Waals surface area contributed by atoms with Gasteiger partial charge in [0.1, 0.15) is 5.82 Å². The molecule has 0 aliphatic carbocycles. The van der Waals surface area contributed by atoms with E-state index in [1.54, 1.807) is 30.0 Å². The Morgan fingerprint density at radius 1 is 1.17 bits per heavy atom. The summed E-state index contributed by atoms with van der Waals surface area (Å²) >= 11 is 0. The van der Waals surface area contributed by atoms with E-state index >= 15 is 0 Å². The van der Waals surface area contributed by atoms with Crippen LogP contribution in [0.2, 0.25) is 0 Å². The Kier molecular flexibility index (Phi) is 6.17. The molecule has 24 heavy (non-hydrogen) atoms. The number of rotatable bonds is 4. The first-order valence-electron chi connectivity index (χ1n) is 8.35. The smallest absolute Gasteiger partial charge is 0.319 e. The van der Waals surface area contributed by atoms with Gasteiger partial charge < -0.3 is 14.7 Å². The minimum Gasteiger partial charge on any atom is -0.339 e. The van der Waals surface area contributed by atoms with Crippen molar-refractivity contribution < 1.29 is 14.0 Å². The number of piperazine rings is 1. The normalized spacial score (nSPS) is 16.0. The molecule has 1 aliphatic heterocycles. The van der Waals surface area contributed by atoms with E-state index < -0.39 is 0 Å². The van der Waals surface area contributed by atoms with Crippen LogP contribution in [0.4, 0.5) is 9.18 Å². The van der Waals surface area contributed by atoms with Crippen molar-refractivity contribution in [2.75, 3.05) is 40.3 Å². The van der Waals surface area contributed by atoms with Gasteiger partial charge in [-0.25, -0.2) is 9.18 Å². The van der Waals surface area contributed by atoms with Gasteiger partial charge in [-0.3, -0.25) is 4.79 Å². The molecule has 0 saturated carbocycles. The van der Waals surface area contributed by atoms with Crippen LogP contribution in [0, 0.1) is 11.7 Å². The van der Waals surface area contributed by atoms with Gasteiger partial charge in [0, 0.05) is 46.7 Å². The highest BCUT2D eigenvalue weighted by Gasteiger charge is 2.25. The Bertz CT molecular complexity index is 583. The number of hydrogen-bond acceptors (Lipinski definition) is 2. The fraction of sp³-hybridized carbons (Fsp3) is 0.556. The molecule has 1 atom stereocenters. The van der Waals surface area contributed by atoms with E-state index in [-0.39, 0.29) is 23.7 Å².